The lowest BCUT2D eigenvalue weighted by molar-refractivity contribution is 0.0949. The van der Waals surface area contributed by atoms with Crippen LogP contribution >= 0.6 is 39.3 Å². The van der Waals surface area contributed by atoms with Crippen LogP contribution in [-0.2, 0) is 12.3 Å². The first kappa shape index (κ1) is 23.5. The minimum atomic E-state index is -0.186. The molecule has 168 valence electrons. The van der Waals surface area contributed by atoms with Gasteiger partial charge in [0.05, 0.1) is 17.8 Å². The molecule has 0 unspecified atom stereocenters. The fraction of sp³-hybridized carbons (Fsp3) is 0.160. The number of rotatable bonds is 7. The van der Waals surface area contributed by atoms with Crippen LogP contribution in [-0.4, -0.2) is 20.7 Å². The molecular formula is C25H22BrClN4OS. The van der Waals surface area contributed by atoms with Crippen LogP contribution in [0.2, 0.25) is 5.02 Å². The van der Waals surface area contributed by atoms with Gasteiger partial charge in [-0.25, -0.2) is 0 Å². The minimum Gasteiger partial charge on any atom is -0.345 e. The van der Waals surface area contributed by atoms with Gasteiger partial charge in [0.25, 0.3) is 5.91 Å². The topological polar surface area (TPSA) is 59.8 Å². The number of halogens is 2. The number of carbonyl (C=O) groups excluding carboxylic acids is 1. The number of hydrogen-bond acceptors (Lipinski definition) is 4. The van der Waals surface area contributed by atoms with Gasteiger partial charge in [-0.1, -0.05) is 65.8 Å². The number of nitrogens with zero attached hydrogens (tertiary/aromatic N) is 3. The third-order valence-electron chi connectivity index (χ3n) is 5.26. The molecule has 0 spiro atoms. The zero-order valence-corrected chi connectivity index (χ0v) is 21.3. The van der Waals surface area contributed by atoms with E-state index in [9.17, 15) is 4.79 Å². The van der Waals surface area contributed by atoms with Gasteiger partial charge < -0.3 is 5.32 Å². The molecule has 3 aromatic carbocycles. The van der Waals surface area contributed by atoms with Crippen molar-refractivity contribution in [2.75, 3.05) is 0 Å². The summed E-state index contributed by atoms with van der Waals surface area (Å²) in [5.74, 6) is 1.20. The molecule has 0 aliphatic heterocycles. The molecule has 0 aliphatic rings. The molecule has 0 radical (unpaired) electrons. The van der Waals surface area contributed by atoms with Crippen LogP contribution in [0.4, 0.5) is 0 Å². The Morgan fingerprint density at radius 2 is 1.79 bits per heavy atom. The molecule has 5 nitrogen and oxygen atoms in total. The molecule has 0 bridgehead atoms. The summed E-state index contributed by atoms with van der Waals surface area (Å²) >= 11 is 11.4. The van der Waals surface area contributed by atoms with E-state index in [4.69, 9.17) is 11.6 Å². The predicted molar refractivity (Wildman–Crippen MR) is 137 cm³/mol. The zero-order chi connectivity index (χ0) is 23.4. The van der Waals surface area contributed by atoms with E-state index >= 15 is 0 Å². The Kier molecular flexibility index (Phi) is 7.53. The second-order valence-corrected chi connectivity index (χ2v) is 9.78. The highest BCUT2D eigenvalue weighted by Gasteiger charge is 2.18. The SMILES string of the molecule is Cc1ccccc1CSc1nnc(CNC(=O)c2ccccc2Br)n1-c1cc(Cl)ccc1C. The Balaban J connectivity index is 1.64. The number of amides is 1. The first-order valence-corrected chi connectivity index (χ1v) is 12.5. The van der Waals surface area contributed by atoms with Crippen LogP contribution < -0.4 is 5.32 Å². The average Bonchev–Trinajstić information content (AvgIpc) is 3.21. The molecule has 1 amide bonds. The van der Waals surface area contributed by atoms with E-state index < -0.39 is 0 Å². The van der Waals surface area contributed by atoms with Crippen molar-refractivity contribution in [2.45, 2.75) is 31.3 Å². The summed E-state index contributed by atoms with van der Waals surface area (Å²) in [5.41, 5.74) is 4.97. The summed E-state index contributed by atoms with van der Waals surface area (Å²) in [6.45, 7) is 4.35. The highest BCUT2D eigenvalue weighted by atomic mass is 79.9. The number of aryl methyl sites for hydroxylation is 2. The van der Waals surface area contributed by atoms with Crippen molar-refractivity contribution >= 4 is 45.2 Å². The molecule has 1 heterocycles. The summed E-state index contributed by atoms with van der Waals surface area (Å²) in [5, 5.41) is 13.2. The highest BCUT2D eigenvalue weighted by Crippen LogP contribution is 2.29. The fourth-order valence-corrected chi connectivity index (χ4v) is 5.06. The van der Waals surface area contributed by atoms with Crippen LogP contribution in [0.25, 0.3) is 5.69 Å². The van der Waals surface area contributed by atoms with E-state index in [1.165, 1.54) is 11.1 Å². The Labute approximate surface area is 210 Å². The third-order valence-corrected chi connectivity index (χ3v) is 7.16. The Morgan fingerprint density at radius 3 is 2.58 bits per heavy atom. The quantitative estimate of drug-likeness (QED) is 0.271. The van der Waals surface area contributed by atoms with Crippen LogP contribution in [0.15, 0.2) is 76.4 Å². The van der Waals surface area contributed by atoms with Crippen LogP contribution in [0.5, 0.6) is 0 Å². The maximum Gasteiger partial charge on any atom is 0.252 e. The highest BCUT2D eigenvalue weighted by molar-refractivity contribution is 9.10. The maximum absolute atomic E-state index is 12.7. The standard InChI is InChI=1S/C25H22BrClN4OS/c1-16-7-3-4-8-18(16)15-33-25-30-29-23(31(25)22-13-19(27)12-11-17(22)2)14-28-24(32)20-9-5-6-10-21(20)26/h3-13H,14-15H2,1-2H3,(H,28,32). The number of thioether (sulfide) groups is 1. The number of aromatic nitrogens is 3. The van der Waals surface area contributed by atoms with E-state index in [-0.39, 0.29) is 12.5 Å². The maximum atomic E-state index is 12.7. The molecule has 1 N–H and O–H groups in total. The molecule has 4 aromatic rings. The molecule has 8 heteroatoms. The monoisotopic (exact) mass is 540 g/mol. The summed E-state index contributed by atoms with van der Waals surface area (Å²) in [6.07, 6.45) is 0. The molecular weight excluding hydrogens is 520 g/mol. The Bertz CT molecular complexity index is 1310. The van der Waals surface area contributed by atoms with Gasteiger partial charge in [0.15, 0.2) is 11.0 Å². The molecule has 0 saturated carbocycles. The van der Waals surface area contributed by atoms with Crippen molar-refractivity contribution in [3.05, 3.63) is 104 Å². The summed E-state index contributed by atoms with van der Waals surface area (Å²) in [7, 11) is 0. The van der Waals surface area contributed by atoms with Gasteiger partial charge in [0.2, 0.25) is 0 Å². The lowest BCUT2D eigenvalue weighted by Gasteiger charge is -2.14. The lowest BCUT2D eigenvalue weighted by atomic mass is 10.1. The molecule has 0 aliphatic carbocycles. The van der Waals surface area contributed by atoms with Crippen LogP contribution in [0.3, 0.4) is 0 Å². The van der Waals surface area contributed by atoms with Crippen molar-refractivity contribution in [3.8, 4) is 5.69 Å². The van der Waals surface area contributed by atoms with Gasteiger partial charge in [-0.2, -0.15) is 0 Å². The number of nitrogens with one attached hydrogen (secondary N) is 1. The number of carbonyl (C=O) groups is 1. The Hall–Kier alpha value is -2.61. The predicted octanol–water partition coefficient (Wildman–Crippen LogP) is 6.52. The van der Waals surface area contributed by atoms with E-state index in [1.54, 1.807) is 17.8 Å². The number of benzene rings is 3. The van der Waals surface area contributed by atoms with Crippen molar-refractivity contribution in [2.24, 2.45) is 0 Å². The van der Waals surface area contributed by atoms with Crippen molar-refractivity contribution in [1.82, 2.24) is 20.1 Å². The van der Waals surface area contributed by atoms with Crippen molar-refractivity contribution in [3.63, 3.8) is 0 Å². The molecule has 1 aromatic heterocycles. The van der Waals surface area contributed by atoms with Crippen molar-refractivity contribution < 1.29 is 4.79 Å². The van der Waals surface area contributed by atoms with Crippen LogP contribution in [0.1, 0.15) is 32.9 Å². The van der Waals surface area contributed by atoms with Gasteiger partial charge in [0.1, 0.15) is 0 Å². The molecule has 0 atom stereocenters. The van der Waals surface area contributed by atoms with Gasteiger partial charge in [0, 0.05) is 15.2 Å². The van der Waals surface area contributed by atoms with Gasteiger partial charge >= 0.3 is 0 Å². The second kappa shape index (κ2) is 10.5. The summed E-state index contributed by atoms with van der Waals surface area (Å²) in [4.78, 5) is 12.7. The van der Waals surface area contributed by atoms with E-state index in [0.29, 0.717) is 16.4 Å². The molecule has 0 fully saturated rings. The average molecular weight is 542 g/mol. The normalized spacial score (nSPS) is 10.9. The molecule has 0 saturated heterocycles. The van der Waals surface area contributed by atoms with Gasteiger partial charge in [-0.05, 0) is 70.7 Å². The zero-order valence-electron chi connectivity index (χ0n) is 18.2. The fourth-order valence-electron chi connectivity index (χ4n) is 3.39. The summed E-state index contributed by atoms with van der Waals surface area (Å²) in [6, 6.07) is 21.3. The van der Waals surface area contributed by atoms with E-state index in [0.717, 1.165) is 26.6 Å². The molecule has 4 rings (SSSR count). The minimum absolute atomic E-state index is 0.186. The van der Waals surface area contributed by atoms with Crippen molar-refractivity contribution in [1.29, 1.82) is 0 Å². The lowest BCUT2D eigenvalue weighted by Crippen LogP contribution is -2.25. The smallest absolute Gasteiger partial charge is 0.252 e. The third kappa shape index (κ3) is 5.49. The molecule has 33 heavy (non-hydrogen) atoms. The van der Waals surface area contributed by atoms with Crippen LogP contribution in [0, 0.1) is 13.8 Å². The first-order valence-electron chi connectivity index (χ1n) is 10.3. The first-order chi connectivity index (χ1) is 15.9. The Morgan fingerprint density at radius 1 is 1.03 bits per heavy atom. The second-order valence-electron chi connectivity index (χ2n) is 7.54. The van der Waals surface area contributed by atoms with E-state index in [2.05, 4.69) is 50.5 Å². The number of hydrogen-bond donors (Lipinski definition) is 1. The summed E-state index contributed by atoms with van der Waals surface area (Å²) < 4.78 is 2.72. The largest absolute Gasteiger partial charge is 0.345 e. The van der Waals surface area contributed by atoms with E-state index in [1.807, 2.05) is 60.0 Å². The van der Waals surface area contributed by atoms with Gasteiger partial charge in [-0.3, -0.25) is 9.36 Å². The van der Waals surface area contributed by atoms with Gasteiger partial charge in [-0.15, -0.1) is 10.2 Å².